The zero-order chi connectivity index (χ0) is 25.2. The van der Waals surface area contributed by atoms with Gasteiger partial charge in [0.1, 0.15) is 11.5 Å². The number of amides is 1. The molecule has 8 heteroatoms. The van der Waals surface area contributed by atoms with Crippen molar-refractivity contribution in [2.75, 3.05) is 4.90 Å². The Labute approximate surface area is 211 Å². The highest BCUT2D eigenvalue weighted by atomic mass is 32.2. The Morgan fingerprint density at radius 3 is 2.31 bits per heavy atom. The molecule has 3 aromatic carbocycles. The molecule has 0 spiro atoms. The van der Waals surface area contributed by atoms with E-state index in [1.54, 1.807) is 36.1 Å². The fourth-order valence-electron chi connectivity index (χ4n) is 3.94. The summed E-state index contributed by atoms with van der Waals surface area (Å²) in [6, 6.07) is 25.6. The van der Waals surface area contributed by atoms with E-state index in [0.29, 0.717) is 27.2 Å². The summed E-state index contributed by atoms with van der Waals surface area (Å²) in [5.41, 5.74) is 3.69. The van der Waals surface area contributed by atoms with Gasteiger partial charge in [0.2, 0.25) is 0 Å². The number of nitrogens with zero attached hydrogens (tertiary/aromatic N) is 3. The Bertz CT molecular complexity index is 1530. The maximum Gasteiger partial charge on any atom is 0.272 e. The Hall–Kier alpha value is -4.43. The quantitative estimate of drug-likeness (QED) is 0.165. The second kappa shape index (κ2) is 9.67. The average Bonchev–Trinajstić information content (AvgIpc) is 3.46. The van der Waals surface area contributed by atoms with Crippen LogP contribution in [0.2, 0.25) is 0 Å². The van der Waals surface area contributed by atoms with Gasteiger partial charge in [-0.25, -0.2) is 4.99 Å². The molecule has 1 aliphatic heterocycles. The number of nitro benzene ring substituents is 1. The number of hydrogen-bond acceptors (Lipinski definition) is 6. The number of thioether (sulfide) groups is 1. The van der Waals surface area contributed by atoms with Gasteiger partial charge in [0.25, 0.3) is 11.6 Å². The van der Waals surface area contributed by atoms with Crippen molar-refractivity contribution >= 4 is 46.0 Å². The van der Waals surface area contributed by atoms with E-state index in [1.807, 2.05) is 67.6 Å². The molecular formula is C28H21N3O4S. The van der Waals surface area contributed by atoms with E-state index in [0.717, 1.165) is 22.5 Å². The highest BCUT2D eigenvalue weighted by molar-refractivity contribution is 8.19. The first-order valence-corrected chi connectivity index (χ1v) is 12.0. The van der Waals surface area contributed by atoms with Gasteiger partial charge in [-0.3, -0.25) is 19.8 Å². The normalized spacial score (nSPS) is 15.7. The van der Waals surface area contributed by atoms with Gasteiger partial charge >= 0.3 is 0 Å². The Morgan fingerprint density at radius 2 is 1.61 bits per heavy atom. The molecule has 0 aliphatic carbocycles. The predicted octanol–water partition coefficient (Wildman–Crippen LogP) is 7.28. The Kier molecular flexibility index (Phi) is 6.26. The topological polar surface area (TPSA) is 89.0 Å². The molecule has 0 saturated carbocycles. The minimum absolute atomic E-state index is 0.0735. The molecule has 1 fully saturated rings. The number of anilines is 1. The van der Waals surface area contributed by atoms with Gasteiger partial charge in [-0.2, -0.15) is 0 Å². The first kappa shape index (κ1) is 23.3. The van der Waals surface area contributed by atoms with Crippen LogP contribution in [0.15, 0.2) is 99.2 Å². The van der Waals surface area contributed by atoms with Crippen molar-refractivity contribution in [1.82, 2.24) is 0 Å². The van der Waals surface area contributed by atoms with Gasteiger partial charge in [-0.1, -0.05) is 36.4 Å². The fourth-order valence-corrected chi connectivity index (χ4v) is 4.92. The molecule has 1 amide bonds. The predicted molar refractivity (Wildman–Crippen MR) is 143 cm³/mol. The number of para-hydroxylation sites is 2. The SMILES string of the molecule is Cc1c(-c2ccc(/C=C3\SC(=Nc4ccccc4)N(c4ccccc4)C3=O)o2)ccc([N+](=O)[O-])c1C. The molecule has 0 N–H and O–H groups in total. The van der Waals surface area contributed by atoms with Crippen molar-refractivity contribution < 1.29 is 14.1 Å². The van der Waals surface area contributed by atoms with Crippen LogP contribution in [0.4, 0.5) is 17.1 Å². The summed E-state index contributed by atoms with van der Waals surface area (Å²) < 4.78 is 6.04. The number of hydrogen-bond donors (Lipinski definition) is 0. The molecule has 1 aliphatic rings. The smallest absolute Gasteiger partial charge is 0.272 e. The highest BCUT2D eigenvalue weighted by Gasteiger charge is 2.35. The van der Waals surface area contributed by atoms with E-state index in [-0.39, 0.29) is 16.5 Å². The standard InChI is InChI=1S/C28H21N3O4S/c1-18-19(2)24(31(33)34)15-14-23(18)25-16-13-22(35-25)17-26-27(32)30(21-11-7-4-8-12-21)28(36-26)29-20-9-5-3-6-10-20/h3-17H,1-2H3/b26-17-,29-28?. The van der Waals surface area contributed by atoms with Crippen molar-refractivity contribution in [3.63, 3.8) is 0 Å². The lowest BCUT2D eigenvalue weighted by Crippen LogP contribution is -2.28. The summed E-state index contributed by atoms with van der Waals surface area (Å²) in [5.74, 6) is 0.886. The largest absolute Gasteiger partial charge is 0.457 e. The Morgan fingerprint density at radius 1 is 0.917 bits per heavy atom. The molecule has 4 aromatic rings. The number of rotatable bonds is 5. The molecule has 1 aromatic heterocycles. The van der Waals surface area contributed by atoms with E-state index < -0.39 is 0 Å². The molecule has 7 nitrogen and oxygen atoms in total. The molecular weight excluding hydrogens is 474 g/mol. The van der Waals surface area contributed by atoms with Crippen LogP contribution in [0.3, 0.4) is 0 Å². The van der Waals surface area contributed by atoms with E-state index in [1.165, 1.54) is 17.8 Å². The molecule has 2 heterocycles. The van der Waals surface area contributed by atoms with Gasteiger partial charge in [0.05, 0.1) is 21.2 Å². The second-order valence-electron chi connectivity index (χ2n) is 8.16. The average molecular weight is 496 g/mol. The molecule has 178 valence electrons. The van der Waals surface area contributed by atoms with Gasteiger partial charge in [-0.05, 0) is 73.6 Å². The van der Waals surface area contributed by atoms with Crippen molar-refractivity contribution in [2.45, 2.75) is 13.8 Å². The number of furan rings is 1. The maximum atomic E-state index is 13.4. The van der Waals surface area contributed by atoms with Crippen LogP contribution in [-0.4, -0.2) is 16.0 Å². The van der Waals surface area contributed by atoms with Gasteiger partial charge < -0.3 is 4.42 Å². The minimum Gasteiger partial charge on any atom is -0.457 e. The molecule has 0 radical (unpaired) electrons. The third kappa shape index (κ3) is 4.46. The monoisotopic (exact) mass is 495 g/mol. The van der Waals surface area contributed by atoms with Crippen LogP contribution >= 0.6 is 11.8 Å². The van der Waals surface area contributed by atoms with Crippen LogP contribution in [-0.2, 0) is 4.79 Å². The molecule has 0 bridgehead atoms. The summed E-state index contributed by atoms with van der Waals surface area (Å²) in [4.78, 5) is 31.1. The van der Waals surface area contributed by atoms with E-state index >= 15 is 0 Å². The lowest BCUT2D eigenvalue weighted by atomic mass is 10.00. The van der Waals surface area contributed by atoms with Gasteiger partial charge in [-0.15, -0.1) is 0 Å². The molecule has 36 heavy (non-hydrogen) atoms. The fraction of sp³-hybridized carbons (Fsp3) is 0.0714. The third-order valence-corrected chi connectivity index (χ3v) is 6.89. The van der Waals surface area contributed by atoms with Crippen molar-refractivity contribution in [2.24, 2.45) is 4.99 Å². The Balaban J connectivity index is 1.50. The van der Waals surface area contributed by atoms with E-state index in [9.17, 15) is 14.9 Å². The van der Waals surface area contributed by atoms with Crippen molar-refractivity contribution in [1.29, 1.82) is 0 Å². The van der Waals surface area contributed by atoms with Crippen LogP contribution < -0.4 is 4.90 Å². The zero-order valence-electron chi connectivity index (χ0n) is 19.5. The van der Waals surface area contributed by atoms with E-state index in [2.05, 4.69) is 0 Å². The second-order valence-corrected chi connectivity index (χ2v) is 9.17. The summed E-state index contributed by atoms with van der Waals surface area (Å²) in [6.07, 6.45) is 1.70. The number of carbonyl (C=O) groups is 1. The van der Waals surface area contributed by atoms with Crippen molar-refractivity contribution in [3.05, 3.63) is 117 Å². The van der Waals surface area contributed by atoms with E-state index in [4.69, 9.17) is 9.41 Å². The molecule has 0 atom stereocenters. The van der Waals surface area contributed by atoms with Crippen LogP contribution in [0.5, 0.6) is 0 Å². The van der Waals surface area contributed by atoms with Crippen molar-refractivity contribution in [3.8, 4) is 11.3 Å². The summed E-state index contributed by atoms with van der Waals surface area (Å²) in [5, 5.41) is 11.8. The first-order valence-electron chi connectivity index (χ1n) is 11.2. The number of benzene rings is 3. The summed E-state index contributed by atoms with van der Waals surface area (Å²) in [7, 11) is 0. The number of nitro groups is 1. The van der Waals surface area contributed by atoms with Crippen LogP contribution in [0, 0.1) is 24.0 Å². The minimum atomic E-state index is -0.389. The van der Waals surface area contributed by atoms with Crippen LogP contribution in [0.1, 0.15) is 16.9 Å². The lowest BCUT2D eigenvalue weighted by Gasteiger charge is -2.15. The maximum absolute atomic E-state index is 13.4. The highest BCUT2D eigenvalue weighted by Crippen LogP contribution is 2.38. The van der Waals surface area contributed by atoms with Gasteiger partial charge in [0.15, 0.2) is 5.17 Å². The lowest BCUT2D eigenvalue weighted by molar-refractivity contribution is -0.385. The first-order chi connectivity index (χ1) is 17.4. The molecule has 1 saturated heterocycles. The molecule has 5 rings (SSSR count). The number of aliphatic imine (C=N–C) groups is 1. The zero-order valence-corrected chi connectivity index (χ0v) is 20.4. The summed E-state index contributed by atoms with van der Waals surface area (Å²) >= 11 is 1.28. The summed E-state index contributed by atoms with van der Waals surface area (Å²) in [6.45, 7) is 3.56. The van der Waals surface area contributed by atoms with Gasteiger partial charge in [0, 0.05) is 23.3 Å². The number of carbonyl (C=O) groups excluding carboxylic acids is 1. The number of amidine groups is 1. The third-order valence-electron chi connectivity index (χ3n) is 5.92. The molecule has 0 unspecified atom stereocenters. The van der Waals surface area contributed by atoms with Crippen LogP contribution in [0.25, 0.3) is 17.4 Å².